The Balaban J connectivity index is 1.12. The molecule has 0 aliphatic heterocycles. The summed E-state index contributed by atoms with van der Waals surface area (Å²) in [7, 11) is 0. The van der Waals surface area contributed by atoms with Gasteiger partial charge in [0, 0.05) is 6.42 Å². The van der Waals surface area contributed by atoms with Crippen LogP contribution < -0.4 is 32.4 Å². The number of nitrogens with one attached hydrogen (secondary N) is 2. The second kappa shape index (κ2) is 9.41. The molecule has 4 aromatic rings. The molecular weight excluding hydrogens is 460 g/mol. The molecule has 2 heterocycles. The number of ether oxygens (including phenoxy) is 2. The van der Waals surface area contributed by atoms with E-state index in [1.807, 2.05) is 58.5 Å². The van der Waals surface area contributed by atoms with Crippen molar-refractivity contribution in [2.45, 2.75) is 44.6 Å². The van der Waals surface area contributed by atoms with Crippen LogP contribution >= 0.6 is 0 Å². The van der Waals surface area contributed by atoms with Gasteiger partial charge in [-0.2, -0.15) is 0 Å². The van der Waals surface area contributed by atoms with Crippen molar-refractivity contribution < 1.29 is 18.5 Å². The first-order valence-corrected chi connectivity index (χ1v) is 11.0. The highest BCUT2D eigenvalue weighted by Crippen LogP contribution is 2.28. The molecule has 2 atom stereocenters. The summed E-state index contributed by atoms with van der Waals surface area (Å²) in [4.78, 5) is 49.4. The average Bonchev–Trinajstić information content (AvgIpc) is 3.49. The molecule has 0 bridgehead atoms. The van der Waals surface area contributed by atoms with Crippen molar-refractivity contribution in [2.75, 3.05) is 0 Å². The van der Waals surface area contributed by atoms with Crippen molar-refractivity contribution in [3.8, 4) is 11.5 Å². The van der Waals surface area contributed by atoms with Crippen LogP contribution in [-0.2, 0) is 13.1 Å². The van der Waals surface area contributed by atoms with E-state index in [-0.39, 0.29) is 25.3 Å². The van der Waals surface area contributed by atoms with Gasteiger partial charge in [0.2, 0.25) is 0 Å². The number of rotatable bonds is 8. The van der Waals surface area contributed by atoms with Crippen molar-refractivity contribution in [1.82, 2.24) is 19.4 Å². The molecule has 12 nitrogen and oxygen atoms in total. The van der Waals surface area contributed by atoms with Crippen molar-refractivity contribution in [2.24, 2.45) is 0 Å². The lowest BCUT2D eigenvalue weighted by Gasteiger charge is -2.16. The van der Waals surface area contributed by atoms with Gasteiger partial charge >= 0.3 is 22.9 Å². The van der Waals surface area contributed by atoms with Gasteiger partial charge in [0.05, 0.1) is 13.1 Å². The van der Waals surface area contributed by atoms with Crippen molar-refractivity contribution >= 4 is 0 Å². The van der Waals surface area contributed by atoms with Gasteiger partial charge < -0.3 is 18.5 Å². The van der Waals surface area contributed by atoms with Crippen LogP contribution in [-0.4, -0.2) is 31.7 Å². The molecular formula is C23H22N4O8. The fraction of sp³-hybridized carbons (Fsp3) is 0.304. The van der Waals surface area contributed by atoms with Gasteiger partial charge in [-0.15, -0.1) is 9.48 Å². The fourth-order valence-electron chi connectivity index (χ4n) is 4.01. The molecule has 0 radical (unpaired) electrons. The first-order chi connectivity index (χ1) is 16.9. The standard InChI is InChI=1S/C23H22N4O8/c28-20-24-22(30)34-26(20)12-14-1-5-16(6-2-14)32-18-9-10-19(11-18)33-17-7-3-15(4-8-17)13-27-21(29)25-23(31)35-27/h1-8,18-19H,9-13H2,(H,24,28,30)(H,25,29,31)/t18-,19-/m1/s1. The molecule has 35 heavy (non-hydrogen) atoms. The Morgan fingerprint density at radius 2 is 1.09 bits per heavy atom. The molecule has 1 aliphatic carbocycles. The Labute approximate surface area is 196 Å². The molecule has 12 heteroatoms. The van der Waals surface area contributed by atoms with Crippen molar-refractivity contribution in [3.05, 3.63) is 102 Å². The normalized spacial score (nSPS) is 17.5. The lowest BCUT2D eigenvalue weighted by atomic mass is 10.2. The monoisotopic (exact) mass is 482 g/mol. The Hall–Kier alpha value is -4.48. The van der Waals surface area contributed by atoms with Crippen LogP contribution in [0.25, 0.3) is 0 Å². The topological polar surface area (TPSA) is 154 Å². The maximum atomic E-state index is 11.6. The number of aromatic nitrogens is 4. The predicted octanol–water partition coefficient (Wildman–Crippen LogP) is 1.05. The third-order valence-corrected chi connectivity index (χ3v) is 5.70. The van der Waals surface area contributed by atoms with E-state index < -0.39 is 22.9 Å². The van der Waals surface area contributed by atoms with Crippen LogP contribution in [0.2, 0.25) is 0 Å². The fourth-order valence-corrected chi connectivity index (χ4v) is 4.01. The van der Waals surface area contributed by atoms with E-state index in [0.717, 1.165) is 39.9 Å². The van der Waals surface area contributed by atoms with E-state index in [2.05, 4.69) is 0 Å². The quantitative estimate of drug-likeness (QED) is 0.378. The van der Waals surface area contributed by atoms with E-state index in [9.17, 15) is 19.2 Å². The number of H-pyrrole nitrogens is 2. The zero-order valence-corrected chi connectivity index (χ0v) is 18.5. The van der Waals surface area contributed by atoms with Crippen LogP contribution in [0.15, 0.2) is 76.8 Å². The molecule has 1 saturated carbocycles. The summed E-state index contributed by atoms with van der Waals surface area (Å²) in [5.74, 6) is -0.156. The summed E-state index contributed by atoms with van der Waals surface area (Å²) in [5.41, 5.74) is 0.404. The van der Waals surface area contributed by atoms with Gasteiger partial charge in [-0.3, -0.25) is 0 Å². The predicted molar refractivity (Wildman–Crippen MR) is 121 cm³/mol. The van der Waals surface area contributed by atoms with E-state index >= 15 is 0 Å². The molecule has 0 unspecified atom stereocenters. The number of aromatic amines is 2. The van der Waals surface area contributed by atoms with Crippen LogP contribution in [0, 0.1) is 0 Å². The highest BCUT2D eigenvalue weighted by molar-refractivity contribution is 5.29. The first kappa shape index (κ1) is 22.3. The number of benzene rings is 2. The molecule has 0 spiro atoms. The molecule has 0 amide bonds. The number of hydrogen-bond donors (Lipinski definition) is 2. The highest BCUT2D eigenvalue weighted by Gasteiger charge is 2.27. The lowest BCUT2D eigenvalue weighted by Crippen LogP contribution is -2.18. The Kier molecular flexibility index (Phi) is 6.00. The second-order valence-electron chi connectivity index (χ2n) is 8.27. The van der Waals surface area contributed by atoms with Gasteiger partial charge in [-0.05, 0) is 48.2 Å². The zero-order chi connectivity index (χ0) is 24.4. The highest BCUT2D eigenvalue weighted by atomic mass is 16.5. The minimum Gasteiger partial charge on any atom is -0.490 e. The maximum absolute atomic E-state index is 11.6. The second-order valence-corrected chi connectivity index (χ2v) is 8.27. The van der Waals surface area contributed by atoms with Crippen molar-refractivity contribution in [1.29, 1.82) is 0 Å². The van der Waals surface area contributed by atoms with Gasteiger partial charge in [-0.25, -0.2) is 29.1 Å². The molecule has 182 valence electrons. The van der Waals surface area contributed by atoms with E-state index in [0.29, 0.717) is 11.5 Å². The van der Waals surface area contributed by atoms with Crippen molar-refractivity contribution in [3.63, 3.8) is 0 Å². The first-order valence-electron chi connectivity index (χ1n) is 11.0. The minimum atomic E-state index is -0.785. The average molecular weight is 482 g/mol. The molecule has 2 N–H and O–H groups in total. The van der Waals surface area contributed by atoms with Crippen LogP contribution in [0.4, 0.5) is 0 Å². The van der Waals surface area contributed by atoms with E-state index in [1.54, 1.807) is 0 Å². The Morgan fingerprint density at radius 3 is 1.43 bits per heavy atom. The van der Waals surface area contributed by atoms with E-state index in [1.165, 1.54) is 0 Å². The van der Waals surface area contributed by atoms with Crippen LogP contribution in [0.1, 0.15) is 30.4 Å². The molecule has 0 saturated heterocycles. The van der Waals surface area contributed by atoms with Gasteiger partial charge in [0.25, 0.3) is 0 Å². The molecule has 1 aliphatic rings. The molecule has 1 fully saturated rings. The number of hydrogen-bond acceptors (Lipinski definition) is 8. The van der Waals surface area contributed by atoms with Gasteiger partial charge in [-0.1, -0.05) is 24.3 Å². The summed E-state index contributed by atoms with van der Waals surface area (Å²) in [5, 5.41) is 0. The Morgan fingerprint density at radius 1 is 0.686 bits per heavy atom. The molecule has 2 aromatic heterocycles. The summed E-state index contributed by atoms with van der Waals surface area (Å²) in [6, 6.07) is 14.5. The zero-order valence-electron chi connectivity index (χ0n) is 18.5. The molecule has 2 aromatic carbocycles. The minimum absolute atomic E-state index is 0.0128. The third-order valence-electron chi connectivity index (χ3n) is 5.70. The summed E-state index contributed by atoms with van der Waals surface area (Å²) in [6.45, 7) is 0.290. The largest absolute Gasteiger partial charge is 0.490 e. The lowest BCUT2D eigenvalue weighted by molar-refractivity contribution is 0.166. The van der Waals surface area contributed by atoms with Crippen LogP contribution in [0.5, 0.6) is 11.5 Å². The van der Waals surface area contributed by atoms with Gasteiger partial charge in [0.1, 0.15) is 23.7 Å². The summed E-state index contributed by atoms with van der Waals surface area (Å²) in [6.07, 6.45) is 2.46. The smallest absolute Gasteiger partial charge is 0.440 e. The van der Waals surface area contributed by atoms with Gasteiger partial charge in [0.15, 0.2) is 0 Å². The summed E-state index contributed by atoms with van der Waals surface area (Å²) >= 11 is 0. The maximum Gasteiger partial charge on any atom is 0.440 e. The van der Waals surface area contributed by atoms with Crippen LogP contribution in [0.3, 0.4) is 0 Å². The summed E-state index contributed by atoms with van der Waals surface area (Å²) < 4.78 is 23.6. The SMILES string of the molecule is O=c1[nH]c(=O)n(Cc2ccc(O[C@@H]3CC[C@@H](Oc4ccc(Cn5oc(=O)[nH]c5=O)cc4)C3)cc2)o1. The Bertz CT molecular complexity index is 1400. The van der Waals surface area contributed by atoms with E-state index in [4.69, 9.17) is 18.5 Å². The molecule has 5 rings (SSSR count). The number of nitrogens with zero attached hydrogens (tertiary/aromatic N) is 2. The third kappa shape index (κ3) is 5.37.